The molecule has 4 heteroatoms. The van der Waals surface area contributed by atoms with Crippen LogP contribution in [-0.2, 0) is 0 Å². The van der Waals surface area contributed by atoms with Crippen LogP contribution in [-0.4, -0.2) is 6.54 Å². The summed E-state index contributed by atoms with van der Waals surface area (Å²) in [6, 6.07) is 2.00. The molecule has 2 rings (SSSR count). The molecule has 1 aliphatic rings. The third-order valence-electron chi connectivity index (χ3n) is 3.59. The minimum absolute atomic E-state index is 0.308. The van der Waals surface area contributed by atoms with E-state index in [2.05, 4.69) is 5.32 Å². The van der Waals surface area contributed by atoms with Crippen molar-refractivity contribution in [2.24, 2.45) is 5.92 Å². The third kappa shape index (κ3) is 3.40. The Labute approximate surface area is 105 Å². The highest BCUT2D eigenvalue weighted by molar-refractivity contribution is 5.44. The van der Waals surface area contributed by atoms with Crippen LogP contribution in [0.1, 0.15) is 38.5 Å². The molecule has 100 valence electrons. The molecule has 0 saturated heterocycles. The van der Waals surface area contributed by atoms with E-state index in [-0.39, 0.29) is 0 Å². The van der Waals surface area contributed by atoms with Gasteiger partial charge in [0.1, 0.15) is 0 Å². The normalized spacial score (nSPS) is 16.8. The number of benzene rings is 1. The maximum Gasteiger partial charge on any atom is 0.194 e. The van der Waals surface area contributed by atoms with Gasteiger partial charge >= 0.3 is 0 Å². The van der Waals surface area contributed by atoms with Crippen LogP contribution in [0.5, 0.6) is 0 Å². The molecule has 0 bridgehead atoms. The van der Waals surface area contributed by atoms with Crippen LogP contribution in [0.4, 0.5) is 18.9 Å². The summed E-state index contributed by atoms with van der Waals surface area (Å²) in [5, 5.41) is 2.95. The van der Waals surface area contributed by atoms with E-state index in [0.717, 1.165) is 18.6 Å². The molecule has 0 spiro atoms. The lowest BCUT2D eigenvalue weighted by atomic mass is 9.87. The summed E-state index contributed by atoms with van der Waals surface area (Å²) in [5.74, 6) is -2.99. The Hall–Kier alpha value is -1.19. The molecule has 1 N–H and O–H groups in total. The van der Waals surface area contributed by atoms with Crippen LogP contribution in [0.2, 0.25) is 0 Å². The molecule has 0 aromatic heterocycles. The van der Waals surface area contributed by atoms with E-state index >= 15 is 0 Å². The van der Waals surface area contributed by atoms with Crippen LogP contribution in [0.25, 0.3) is 0 Å². The van der Waals surface area contributed by atoms with Crippen molar-refractivity contribution in [1.82, 2.24) is 0 Å². The highest BCUT2D eigenvalue weighted by atomic mass is 19.2. The molecule has 1 nitrogen and oxygen atoms in total. The smallest absolute Gasteiger partial charge is 0.194 e. The summed E-state index contributed by atoms with van der Waals surface area (Å²) >= 11 is 0. The van der Waals surface area contributed by atoms with Crippen LogP contribution in [0, 0.1) is 23.4 Å². The van der Waals surface area contributed by atoms with E-state index < -0.39 is 17.5 Å². The Balaban J connectivity index is 1.82. The van der Waals surface area contributed by atoms with E-state index in [0.29, 0.717) is 18.2 Å². The zero-order chi connectivity index (χ0) is 13.0. The van der Waals surface area contributed by atoms with E-state index in [9.17, 15) is 13.2 Å². The van der Waals surface area contributed by atoms with Crippen LogP contribution >= 0.6 is 0 Å². The summed E-state index contributed by atoms with van der Waals surface area (Å²) in [5.41, 5.74) is 0.308. The lowest BCUT2D eigenvalue weighted by Gasteiger charge is -2.21. The van der Waals surface area contributed by atoms with Crippen LogP contribution < -0.4 is 5.32 Å². The molecule has 0 radical (unpaired) electrons. The highest BCUT2D eigenvalue weighted by Gasteiger charge is 2.13. The molecule has 0 unspecified atom stereocenters. The second-order valence-corrected chi connectivity index (χ2v) is 4.97. The van der Waals surface area contributed by atoms with E-state index in [1.165, 1.54) is 32.1 Å². The monoisotopic (exact) mass is 257 g/mol. The van der Waals surface area contributed by atoms with E-state index in [1.54, 1.807) is 0 Å². The highest BCUT2D eigenvalue weighted by Crippen LogP contribution is 2.26. The first kappa shape index (κ1) is 13.2. The third-order valence-corrected chi connectivity index (χ3v) is 3.59. The van der Waals surface area contributed by atoms with Gasteiger partial charge in [-0.3, -0.25) is 0 Å². The van der Waals surface area contributed by atoms with Gasteiger partial charge in [-0.2, -0.15) is 0 Å². The Bertz CT molecular complexity index is 377. The molecule has 0 amide bonds. The maximum absolute atomic E-state index is 13.0. The van der Waals surface area contributed by atoms with Gasteiger partial charge in [-0.25, -0.2) is 13.2 Å². The molecule has 0 aliphatic heterocycles. The minimum Gasteiger partial charge on any atom is -0.385 e. The van der Waals surface area contributed by atoms with Crippen molar-refractivity contribution in [3.8, 4) is 0 Å². The van der Waals surface area contributed by atoms with E-state index in [1.807, 2.05) is 0 Å². The van der Waals surface area contributed by atoms with Crippen molar-refractivity contribution in [1.29, 1.82) is 0 Å². The number of anilines is 1. The molecule has 1 aliphatic carbocycles. The van der Waals surface area contributed by atoms with Crippen molar-refractivity contribution in [2.45, 2.75) is 38.5 Å². The van der Waals surface area contributed by atoms with Crippen LogP contribution in [0.3, 0.4) is 0 Å². The van der Waals surface area contributed by atoms with Crippen molar-refractivity contribution in [3.63, 3.8) is 0 Å². The first-order valence-electron chi connectivity index (χ1n) is 6.55. The largest absolute Gasteiger partial charge is 0.385 e. The second-order valence-electron chi connectivity index (χ2n) is 4.97. The molecule has 1 saturated carbocycles. The number of halogens is 3. The first-order valence-corrected chi connectivity index (χ1v) is 6.55. The van der Waals surface area contributed by atoms with Gasteiger partial charge in [0.25, 0.3) is 0 Å². The molecular weight excluding hydrogens is 239 g/mol. The number of nitrogens with one attached hydrogen (secondary N) is 1. The summed E-state index contributed by atoms with van der Waals surface area (Å²) in [6.07, 6.45) is 7.37. The summed E-state index contributed by atoms with van der Waals surface area (Å²) in [6.45, 7) is 0.676. The Morgan fingerprint density at radius 1 is 1.00 bits per heavy atom. The van der Waals surface area contributed by atoms with Gasteiger partial charge in [0.2, 0.25) is 0 Å². The fourth-order valence-corrected chi connectivity index (χ4v) is 2.55. The fourth-order valence-electron chi connectivity index (χ4n) is 2.55. The first-order chi connectivity index (χ1) is 8.66. The summed E-state index contributed by atoms with van der Waals surface area (Å²) in [4.78, 5) is 0. The Morgan fingerprint density at radius 3 is 2.22 bits per heavy atom. The molecule has 1 aromatic rings. The maximum atomic E-state index is 13.0. The molecule has 18 heavy (non-hydrogen) atoms. The lowest BCUT2D eigenvalue weighted by molar-refractivity contribution is 0.345. The fraction of sp³-hybridized carbons (Fsp3) is 0.571. The molecule has 0 heterocycles. The topological polar surface area (TPSA) is 12.0 Å². The van der Waals surface area contributed by atoms with Gasteiger partial charge in [0.05, 0.1) is 0 Å². The van der Waals surface area contributed by atoms with Gasteiger partial charge in [-0.05, 0) is 12.3 Å². The minimum atomic E-state index is -1.41. The molecule has 1 aromatic carbocycles. The zero-order valence-corrected chi connectivity index (χ0v) is 10.3. The average Bonchev–Trinajstić information content (AvgIpc) is 2.37. The van der Waals surface area contributed by atoms with Crippen molar-refractivity contribution in [2.75, 3.05) is 11.9 Å². The van der Waals surface area contributed by atoms with Crippen molar-refractivity contribution < 1.29 is 13.2 Å². The quantitative estimate of drug-likeness (QED) is 0.784. The van der Waals surface area contributed by atoms with Gasteiger partial charge in [0.15, 0.2) is 17.5 Å². The number of hydrogen-bond donors (Lipinski definition) is 1. The standard InChI is InChI=1S/C14H18F3N/c15-12-8-11(9-13(16)14(12)17)18-7-6-10-4-2-1-3-5-10/h8-10,18H,1-7H2. The summed E-state index contributed by atoms with van der Waals surface area (Å²) in [7, 11) is 0. The number of hydrogen-bond acceptors (Lipinski definition) is 1. The number of rotatable bonds is 4. The zero-order valence-electron chi connectivity index (χ0n) is 10.3. The Kier molecular flexibility index (Phi) is 4.50. The van der Waals surface area contributed by atoms with Gasteiger partial charge < -0.3 is 5.32 Å². The van der Waals surface area contributed by atoms with Crippen molar-refractivity contribution in [3.05, 3.63) is 29.6 Å². The molecule has 1 fully saturated rings. The molecule has 0 atom stereocenters. The average molecular weight is 257 g/mol. The SMILES string of the molecule is Fc1cc(NCCC2CCCCC2)cc(F)c1F. The summed E-state index contributed by atoms with van der Waals surface area (Å²) < 4.78 is 38.7. The van der Waals surface area contributed by atoms with Gasteiger partial charge in [-0.15, -0.1) is 0 Å². The second kappa shape index (κ2) is 6.12. The molecular formula is C14H18F3N. The Morgan fingerprint density at radius 2 is 1.61 bits per heavy atom. The van der Waals surface area contributed by atoms with Crippen molar-refractivity contribution >= 4 is 5.69 Å². The predicted octanol–water partition coefficient (Wildman–Crippen LogP) is 4.49. The van der Waals surface area contributed by atoms with Gasteiger partial charge in [0, 0.05) is 24.4 Å². The van der Waals surface area contributed by atoms with Gasteiger partial charge in [-0.1, -0.05) is 32.1 Å². The van der Waals surface area contributed by atoms with E-state index in [4.69, 9.17) is 0 Å². The lowest BCUT2D eigenvalue weighted by Crippen LogP contribution is -2.12. The predicted molar refractivity (Wildman–Crippen MR) is 66.0 cm³/mol. The van der Waals surface area contributed by atoms with Crippen LogP contribution in [0.15, 0.2) is 12.1 Å².